The molecule has 0 aliphatic carbocycles. The molecule has 1 heterocycles. The first-order valence-electron chi connectivity index (χ1n) is 9.03. The second-order valence-corrected chi connectivity index (χ2v) is 6.54. The summed E-state index contributed by atoms with van der Waals surface area (Å²) in [7, 11) is 0. The van der Waals surface area contributed by atoms with E-state index in [2.05, 4.69) is 15.5 Å². The summed E-state index contributed by atoms with van der Waals surface area (Å²) in [5.74, 6) is 0.795. The van der Waals surface area contributed by atoms with E-state index in [4.69, 9.17) is 4.52 Å². The molecule has 28 heavy (non-hydrogen) atoms. The van der Waals surface area contributed by atoms with Crippen LogP contribution in [0.15, 0.2) is 83.4 Å². The highest BCUT2D eigenvalue weighted by molar-refractivity contribution is 6.06. The fourth-order valence-electron chi connectivity index (χ4n) is 2.89. The molecular formula is C23H19N3O2. The van der Waals surface area contributed by atoms with Crippen molar-refractivity contribution in [3.05, 3.63) is 101 Å². The third-order valence-corrected chi connectivity index (χ3v) is 4.39. The minimum Gasteiger partial charge on any atom is -0.334 e. The number of nitrogens with zero attached hydrogens (tertiary/aromatic N) is 2. The molecule has 0 aliphatic rings. The van der Waals surface area contributed by atoms with Crippen LogP contribution >= 0.6 is 0 Å². The number of hydrogen-bond acceptors (Lipinski definition) is 4. The van der Waals surface area contributed by atoms with Crippen molar-refractivity contribution in [2.24, 2.45) is 0 Å². The monoisotopic (exact) mass is 369 g/mol. The van der Waals surface area contributed by atoms with E-state index in [1.807, 2.05) is 73.7 Å². The fourth-order valence-corrected chi connectivity index (χ4v) is 2.89. The maximum atomic E-state index is 12.6. The first-order valence-corrected chi connectivity index (χ1v) is 9.03. The van der Waals surface area contributed by atoms with Gasteiger partial charge in [-0.15, -0.1) is 0 Å². The lowest BCUT2D eigenvalue weighted by atomic mass is 10.1. The maximum absolute atomic E-state index is 12.6. The molecule has 0 saturated heterocycles. The van der Waals surface area contributed by atoms with Crippen molar-refractivity contribution in [1.82, 2.24) is 10.1 Å². The lowest BCUT2D eigenvalue weighted by Gasteiger charge is -2.08. The van der Waals surface area contributed by atoms with Crippen molar-refractivity contribution in [2.75, 3.05) is 5.32 Å². The topological polar surface area (TPSA) is 68.0 Å². The molecule has 4 rings (SSSR count). The van der Waals surface area contributed by atoms with E-state index >= 15 is 0 Å². The minimum absolute atomic E-state index is 0.184. The van der Waals surface area contributed by atoms with Crippen LogP contribution in [0.2, 0.25) is 0 Å². The molecule has 3 aromatic carbocycles. The van der Waals surface area contributed by atoms with Gasteiger partial charge in [0, 0.05) is 12.0 Å². The molecule has 0 radical (unpaired) electrons. The Morgan fingerprint density at radius 1 is 0.929 bits per heavy atom. The summed E-state index contributed by atoms with van der Waals surface area (Å²) in [6.07, 6.45) is 0.586. The van der Waals surface area contributed by atoms with Crippen molar-refractivity contribution >= 4 is 11.6 Å². The summed E-state index contributed by atoms with van der Waals surface area (Å²) in [4.78, 5) is 17.1. The first kappa shape index (κ1) is 17.7. The van der Waals surface area contributed by atoms with E-state index in [0.29, 0.717) is 35.0 Å². The Morgan fingerprint density at radius 2 is 1.64 bits per heavy atom. The number of aryl methyl sites for hydroxylation is 1. The average molecular weight is 369 g/mol. The predicted octanol–water partition coefficient (Wildman–Crippen LogP) is 4.89. The number of aromatic nitrogens is 2. The SMILES string of the molecule is Cc1ccc(C(=O)Nc2ccccc2-c2nc(Cc3ccccc3)no2)cc1. The molecule has 0 spiro atoms. The van der Waals surface area contributed by atoms with Crippen molar-refractivity contribution in [2.45, 2.75) is 13.3 Å². The minimum atomic E-state index is -0.184. The number of carbonyl (C=O) groups excluding carboxylic acids is 1. The number of nitrogens with one attached hydrogen (secondary N) is 1. The highest BCUT2D eigenvalue weighted by atomic mass is 16.5. The van der Waals surface area contributed by atoms with Gasteiger partial charge >= 0.3 is 0 Å². The van der Waals surface area contributed by atoms with Gasteiger partial charge in [0.25, 0.3) is 11.8 Å². The smallest absolute Gasteiger partial charge is 0.260 e. The third kappa shape index (κ3) is 3.99. The van der Waals surface area contributed by atoms with Crippen LogP contribution < -0.4 is 5.32 Å². The van der Waals surface area contributed by atoms with E-state index in [1.165, 1.54) is 0 Å². The summed E-state index contributed by atoms with van der Waals surface area (Å²) >= 11 is 0. The van der Waals surface area contributed by atoms with Gasteiger partial charge in [0.2, 0.25) is 0 Å². The second kappa shape index (κ2) is 7.88. The van der Waals surface area contributed by atoms with Crippen LogP contribution in [0.25, 0.3) is 11.5 Å². The van der Waals surface area contributed by atoms with Gasteiger partial charge in [0.05, 0.1) is 11.3 Å². The van der Waals surface area contributed by atoms with Crippen LogP contribution in [-0.4, -0.2) is 16.0 Å². The summed E-state index contributed by atoms with van der Waals surface area (Å²) in [6.45, 7) is 1.99. The van der Waals surface area contributed by atoms with Gasteiger partial charge in [0.1, 0.15) is 0 Å². The molecule has 0 unspecified atom stereocenters. The Kier molecular flexibility index (Phi) is 4.97. The summed E-state index contributed by atoms with van der Waals surface area (Å²) < 4.78 is 5.45. The Morgan fingerprint density at radius 3 is 2.43 bits per heavy atom. The normalized spacial score (nSPS) is 10.6. The quantitative estimate of drug-likeness (QED) is 0.544. The Hall–Kier alpha value is -3.73. The molecule has 0 atom stereocenters. The van der Waals surface area contributed by atoms with Gasteiger partial charge in [-0.25, -0.2) is 0 Å². The molecule has 138 valence electrons. The van der Waals surface area contributed by atoms with Crippen LogP contribution in [0.4, 0.5) is 5.69 Å². The third-order valence-electron chi connectivity index (χ3n) is 4.39. The lowest BCUT2D eigenvalue weighted by molar-refractivity contribution is 0.102. The molecule has 4 aromatic rings. The average Bonchev–Trinajstić information content (AvgIpc) is 3.18. The number of carbonyl (C=O) groups is 1. The zero-order chi connectivity index (χ0) is 19.3. The van der Waals surface area contributed by atoms with Crippen molar-refractivity contribution in [1.29, 1.82) is 0 Å². The van der Waals surface area contributed by atoms with Gasteiger partial charge in [-0.1, -0.05) is 65.3 Å². The van der Waals surface area contributed by atoms with Crippen LogP contribution in [0.3, 0.4) is 0 Å². The molecule has 1 aromatic heterocycles. The van der Waals surface area contributed by atoms with Crippen LogP contribution in [0, 0.1) is 6.92 Å². The molecular weight excluding hydrogens is 350 g/mol. The Bertz CT molecular complexity index is 1090. The number of para-hydroxylation sites is 1. The molecule has 5 heteroatoms. The molecule has 0 aliphatic heterocycles. The highest BCUT2D eigenvalue weighted by Crippen LogP contribution is 2.27. The number of benzene rings is 3. The molecule has 1 N–H and O–H groups in total. The summed E-state index contributed by atoms with van der Waals surface area (Å²) in [5, 5.41) is 7.01. The summed E-state index contributed by atoms with van der Waals surface area (Å²) in [6, 6.07) is 24.8. The number of amides is 1. The molecule has 1 amide bonds. The number of rotatable bonds is 5. The fraction of sp³-hybridized carbons (Fsp3) is 0.0870. The van der Waals surface area contributed by atoms with E-state index in [9.17, 15) is 4.79 Å². The van der Waals surface area contributed by atoms with Gasteiger partial charge in [0.15, 0.2) is 5.82 Å². The number of anilines is 1. The van der Waals surface area contributed by atoms with E-state index in [1.54, 1.807) is 12.1 Å². The zero-order valence-electron chi connectivity index (χ0n) is 15.4. The van der Waals surface area contributed by atoms with Gasteiger partial charge < -0.3 is 9.84 Å². The van der Waals surface area contributed by atoms with Crippen LogP contribution in [0.5, 0.6) is 0 Å². The van der Waals surface area contributed by atoms with Crippen molar-refractivity contribution in [3.8, 4) is 11.5 Å². The van der Waals surface area contributed by atoms with Gasteiger partial charge in [-0.05, 0) is 36.8 Å². The van der Waals surface area contributed by atoms with Crippen molar-refractivity contribution < 1.29 is 9.32 Å². The Labute approximate surface area is 163 Å². The second-order valence-electron chi connectivity index (χ2n) is 6.54. The predicted molar refractivity (Wildman–Crippen MR) is 108 cm³/mol. The maximum Gasteiger partial charge on any atom is 0.260 e. The Balaban J connectivity index is 1.56. The molecule has 5 nitrogen and oxygen atoms in total. The van der Waals surface area contributed by atoms with E-state index in [-0.39, 0.29) is 5.91 Å². The molecule has 0 saturated carbocycles. The number of hydrogen-bond donors (Lipinski definition) is 1. The summed E-state index contributed by atoms with van der Waals surface area (Å²) in [5.41, 5.74) is 4.12. The van der Waals surface area contributed by atoms with Gasteiger partial charge in [-0.3, -0.25) is 4.79 Å². The highest BCUT2D eigenvalue weighted by Gasteiger charge is 2.15. The standard InChI is InChI=1S/C23H19N3O2/c1-16-11-13-18(14-12-16)22(27)24-20-10-6-5-9-19(20)23-25-21(26-28-23)15-17-7-3-2-4-8-17/h2-14H,15H2,1H3,(H,24,27). The molecule has 0 fully saturated rings. The van der Waals surface area contributed by atoms with Gasteiger partial charge in [-0.2, -0.15) is 4.98 Å². The lowest BCUT2D eigenvalue weighted by Crippen LogP contribution is -2.12. The van der Waals surface area contributed by atoms with Crippen molar-refractivity contribution in [3.63, 3.8) is 0 Å². The first-order chi connectivity index (χ1) is 13.7. The molecule has 0 bridgehead atoms. The largest absolute Gasteiger partial charge is 0.334 e. The van der Waals surface area contributed by atoms with Crippen LogP contribution in [0.1, 0.15) is 27.3 Å². The van der Waals surface area contributed by atoms with E-state index in [0.717, 1.165) is 11.1 Å². The van der Waals surface area contributed by atoms with Crippen LogP contribution in [-0.2, 0) is 6.42 Å². The van der Waals surface area contributed by atoms with E-state index < -0.39 is 0 Å². The zero-order valence-corrected chi connectivity index (χ0v) is 15.4.